The molecule has 0 aliphatic carbocycles. The predicted molar refractivity (Wildman–Crippen MR) is 112 cm³/mol. The molecule has 3 aromatic rings. The molecular weight excluding hydrogens is 426 g/mol. The van der Waals surface area contributed by atoms with E-state index in [1.807, 2.05) is 19.1 Å². The number of epoxide rings is 1. The van der Waals surface area contributed by atoms with Crippen molar-refractivity contribution in [3.05, 3.63) is 98.5 Å². The van der Waals surface area contributed by atoms with Gasteiger partial charge >= 0.3 is 0 Å². The van der Waals surface area contributed by atoms with Crippen LogP contribution in [0.15, 0.2) is 54.7 Å². The molecule has 1 amide bonds. The van der Waals surface area contributed by atoms with E-state index in [1.165, 1.54) is 12.3 Å². The Labute approximate surface area is 183 Å². The van der Waals surface area contributed by atoms with Crippen LogP contribution < -0.4 is 0 Å². The summed E-state index contributed by atoms with van der Waals surface area (Å²) in [4.78, 5) is 19.4. The first kappa shape index (κ1) is 19.5. The van der Waals surface area contributed by atoms with E-state index in [1.54, 1.807) is 35.2 Å². The molecule has 2 aliphatic heterocycles. The summed E-state index contributed by atoms with van der Waals surface area (Å²) in [5.41, 5.74) is 2.31. The quantitative estimate of drug-likeness (QED) is 0.499. The van der Waals surface area contributed by atoms with Crippen LogP contribution >= 0.6 is 23.2 Å². The van der Waals surface area contributed by atoms with Gasteiger partial charge in [0.25, 0.3) is 5.91 Å². The van der Waals surface area contributed by atoms with Crippen molar-refractivity contribution in [1.82, 2.24) is 9.88 Å². The maximum absolute atomic E-state index is 15.4. The number of fused-ring (bicyclic) bond motifs is 1. The largest absolute Gasteiger partial charge is 0.365 e. The smallest absolute Gasteiger partial charge is 0.255 e. The van der Waals surface area contributed by atoms with Crippen LogP contribution in [0.4, 0.5) is 4.39 Å². The summed E-state index contributed by atoms with van der Waals surface area (Å²) < 4.78 is 20.8. The van der Waals surface area contributed by atoms with Crippen molar-refractivity contribution >= 4 is 29.1 Å². The number of carbonyl (C=O) groups is 1. The molecule has 0 bridgehead atoms. The Balaban J connectivity index is 1.63. The molecule has 2 aromatic carbocycles. The number of hydrogen-bond acceptors (Lipinski definition) is 3. The van der Waals surface area contributed by atoms with E-state index in [-0.39, 0.29) is 12.5 Å². The molecule has 0 saturated carbocycles. The van der Waals surface area contributed by atoms with Gasteiger partial charge in [0, 0.05) is 22.3 Å². The van der Waals surface area contributed by atoms with Crippen LogP contribution in [0.5, 0.6) is 0 Å². The summed E-state index contributed by atoms with van der Waals surface area (Å²) in [6.07, 6.45) is 1.53. The van der Waals surface area contributed by atoms with Crippen LogP contribution in [-0.4, -0.2) is 22.4 Å². The van der Waals surface area contributed by atoms with Gasteiger partial charge in [-0.05, 0) is 54.4 Å². The minimum atomic E-state index is -0.579. The van der Waals surface area contributed by atoms with Crippen molar-refractivity contribution in [3.8, 4) is 0 Å². The van der Waals surface area contributed by atoms with Crippen LogP contribution in [-0.2, 0) is 16.9 Å². The number of aromatic nitrogens is 1. The highest BCUT2D eigenvalue weighted by atomic mass is 35.5. The number of hydrogen-bond donors (Lipinski definition) is 0. The first-order valence-corrected chi connectivity index (χ1v) is 10.3. The summed E-state index contributed by atoms with van der Waals surface area (Å²) in [5, 5.41) is 1.08. The number of ether oxygens (including phenoxy) is 1. The van der Waals surface area contributed by atoms with E-state index in [4.69, 9.17) is 27.9 Å². The van der Waals surface area contributed by atoms with Gasteiger partial charge in [0.1, 0.15) is 11.4 Å². The molecule has 7 heteroatoms. The molecule has 1 saturated heterocycles. The van der Waals surface area contributed by atoms with Gasteiger partial charge in [-0.1, -0.05) is 35.3 Å². The molecular formula is C23H17Cl2FN2O2. The Hall–Kier alpha value is -2.47. The molecule has 2 aliphatic rings. The van der Waals surface area contributed by atoms with Crippen molar-refractivity contribution in [2.24, 2.45) is 0 Å². The highest BCUT2D eigenvalue weighted by Crippen LogP contribution is 2.45. The fraction of sp³-hybridized carbons (Fsp3) is 0.217. The Morgan fingerprint density at radius 1 is 1.17 bits per heavy atom. The highest BCUT2D eigenvalue weighted by Gasteiger charge is 2.45. The molecule has 4 nitrogen and oxygen atoms in total. The minimum absolute atomic E-state index is 0.223. The fourth-order valence-corrected chi connectivity index (χ4v) is 4.15. The zero-order chi connectivity index (χ0) is 21.0. The van der Waals surface area contributed by atoms with Gasteiger partial charge < -0.3 is 9.64 Å². The molecule has 3 heterocycles. The molecule has 2 unspecified atom stereocenters. The lowest BCUT2D eigenvalue weighted by atomic mass is 9.92. The van der Waals surface area contributed by atoms with E-state index < -0.39 is 17.5 Å². The monoisotopic (exact) mass is 442 g/mol. The number of carbonyl (C=O) groups excluding carboxylic acids is 1. The number of benzene rings is 2. The third kappa shape index (κ3) is 3.27. The molecule has 0 N–H and O–H groups in total. The van der Waals surface area contributed by atoms with E-state index in [0.717, 1.165) is 5.56 Å². The van der Waals surface area contributed by atoms with Crippen LogP contribution in [0.2, 0.25) is 10.0 Å². The number of nitrogens with zero attached hydrogens (tertiary/aromatic N) is 2. The molecule has 5 rings (SSSR count). The maximum atomic E-state index is 15.4. The van der Waals surface area contributed by atoms with Crippen LogP contribution in [0.25, 0.3) is 0 Å². The van der Waals surface area contributed by atoms with Crippen molar-refractivity contribution in [3.63, 3.8) is 0 Å². The van der Waals surface area contributed by atoms with Crippen molar-refractivity contribution in [2.75, 3.05) is 6.61 Å². The Morgan fingerprint density at radius 2 is 1.87 bits per heavy atom. The zero-order valence-corrected chi connectivity index (χ0v) is 17.5. The van der Waals surface area contributed by atoms with Gasteiger partial charge in [-0.3, -0.25) is 9.78 Å². The Kier molecular flexibility index (Phi) is 4.58. The number of pyridine rings is 1. The average Bonchev–Trinajstić information content (AvgIpc) is 3.42. The van der Waals surface area contributed by atoms with Gasteiger partial charge in [-0.2, -0.15) is 0 Å². The second-order valence-corrected chi connectivity index (χ2v) is 8.67. The van der Waals surface area contributed by atoms with Crippen LogP contribution in [0, 0.1) is 5.82 Å². The lowest BCUT2D eigenvalue weighted by Crippen LogP contribution is -2.28. The summed E-state index contributed by atoms with van der Waals surface area (Å²) in [5.74, 6) is -0.661. The Bertz CT molecular complexity index is 1150. The minimum Gasteiger partial charge on any atom is -0.365 e. The molecule has 0 spiro atoms. The van der Waals surface area contributed by atoms with Crippen molar-refractivity contribution in [2.45, 2.75) is 25.1 Å². The summed E-state index contributed by atoms with van der Waals surface area (Å²) in [6.45, 7) is 2.62. The normalized spacial score (nSPS) is 22.3. The molecule has 30 heavy (non-hydrogen) atoms. The average molecular weight is 443 g/mol. The molecule has 1 aromatic heterocycles. The first-order valence-electron chi connectivity index (χ1n) is 9.50. The molecule has 2 atom stereocenters. The molecule has 152 valence electrons. The zero-order valence-electron chi connectivity index (χ0n) is 16.0. The number of rotatable bonds is 4. The number of amides is 1. The number of halogens is 3. The maximum Gasteiger partial charge on any atom is 0.255 e. The SMILES string of the molecule is CC1(c2cc(F)c3c(c2)C(=O)N(Cc2ccc(Cl)cn2)C3c2ccc(Cl)cc2)CO1. The lowest BCUT2D eigenvalue weighted by Gasteiger charge is -2.26. The van der Waals surface area contributed by atoms with Gasteiger partial charge in [0.2, 0.25) is 0 Å². The second kappa shape index (κ2) is 7.05. The van der Waals surface area contributed by atoms with Crippen LogP contribution in [0.3, 0.4) is 0 Å². The van der Waals surface area contributed by atoms with Gasteiger partial charge in [0.05, 0.1) is 29.9 Å². The lowest BCUT2D eigenvalue weighted by molar-refractivity contribution is 0.0733. The second-order valence-electron chi connectivity index (χ2n) is 7.79. The van der Waals surface area contributed by atoms with Crippen LogP contribution in [0.1, 0.15) is 45.7 Å². The summed E-state index contributed by atoms with van der Waals surface area (Å²) in [7, 11) is 0. The molecule has 0 radical (unpaired) electrons. The predicted octanol–water partition coefficient (Wildman–Crippen LogP) is 5.52. The third-order valence-corrected chi connectivity index (χ3v) is 6.18. The van der Waals surface area contributed by atoms with Crippen molar-refractivity contribution < 1.29 is 13.9 Å². The van der Waals surface area contributed by atoms with E-state index in [0.29, 0.717) is 39.0 Å². The van der Waals surface area contributed by atoms with E-state index >= 15 is 4.39 Å². The Morgan fingerprint density at radius 3 is 2.50 bits per heavy atom. The first-order chi connectivity index (χ1) is 14.4. The third-order valence-electron chi connectivity index (χ3n) is 5.70. The van der Waals surface area contributed by atoms with Gasteiger partial charge in [-0.15, -0.1) is 0 Å². The summed E-state index contributed by atoms with van der Waals surface area (Å²) >= 11 is 12.0. The van der Waals surface area contributed by atoms with E-state index in [2.05, 4.69) is 4.98 Å². The molecule has 1 fully saturated rings. The summed E-state index contributed by atoms with van der Waals surface area (Å²) in [6, 6.07) is 13.2. The van der Waals surface area contributed by atoms with Gasteiger partial charge in [-0.25, -0.2) is 4.39 Å². The topological polar surface area (TPSA) is 45.7 Å². The van der Waals surface area contributed by atoms with Crippen molar-refractivity contribution in [1.29, 1.82) is 0 Å². The fourth-order valence-electron chi connectivity index (χ4n) is 3.91. The van der Waals surface area contributed by atoms with Gasteiger partial charge in [0.15, 0.2) is 0 Å². The van der Waals surface area contributed by atoms with E-state index in [9.17, 15) is 4.79 Å². The highest BCUT2D eigenvalue weighted by molar-refractivity contribution is 6.30. The standard InChI is InChI=1S/C23H17Cl2FN2O2/c1-23(12-30-23)14-8-18-20(19(26)9-14)21(13-2-4-15(24)5-3-13)28(22(18)29)11-17-7-6-16(25)10-27-17/h2-10,21H,11-12H2,1H3.